The van der Waals surface area contributed by atoms with Crippen LogP contribution in [0.3, 0.4) is 0 Å². The minimum absolute atomic E-state index is 0.0595. The van der Waals surface area contributed by atoms with Gasteiger partial charge >= 0.3 is 5.97 Å². The maximum absolute atomic E-state index is 10.5. The number of aromatic nitrogens is 1. The summed E-state index contributed by atoms with van der Waals surface area (Å²) in [6, 6.07) is 7.74. The Bertz CT molecular complexity index is 633. The van der Waals surface area contributed by atoms with Crippen molar-refractivity contribution in [3.05, 3.63) is 35.5 Å². The molecule has 0 unspecified atom stereocenters. The molecule has 0 bridgehead atoms. The molecule has 0 radical (unpaired) electrons. The van der Waals surface area contributed by atoms with Gasteiger partial charge in [0.25, 0.3) is 0 Å². The average molecular weight is 273 g/mol. The first kappa shape index (κ1) is 12.7. The zero-order valence-electron chi connectivity index (χ0n) is 11.0. The van der Waals surface area contributed by atoms with Crippen LogP contribution in [0.1, 0.15) is 24.1 Å². The van der Waals surface area contributed by atoms with E-state index in [0.717, 1.165) is 30.8 Å². The Morgan fingerprint density at radius 3 is 3.10 bits per heavy atom. The van der Waals surface area contributed by atoms with E-state index < -0.39 is 5.97 Å². The highest BCUT2D eigenvalue weighted by Crippen LogP contribution is 2.30. The Hall–Kier alpha value is -2.30. The molecule has 0 amide bonds. The lowest BCUT2D eigenvalue weighted by molar-refractivity contribution is -0.136. The lowest BCUT2D eigenvalue weighted by Crippen LogP contribution is -2.07. The third-order valence-electron chi connectivity index (χ3n) is 3.35. The topological polar surface area (TPSA) is 72.6 Å². The van der Waals surface area contributed by atoms with Crippen LogP contribution in [0.2, 0.25) is 0 Å². The second-order valence-electron chi connectivity index (χ2n) is 4.85. The van der Waals surface area contributed by atoms with Crippen LogP contribution in [0.15, 0.2) is 28.8 Å². The fourth-order valence-electron chi connectivity index (χ4n) is 2.31. The molecule has 2 heterocycles. The van der Waals surface area contributed by atoms with Crippen LogP contribution in [0, 0.1) is 0 Å². The fourth-order valence-corrected chi connectivity index (χ4v) is 2.31. The Balaban J connectivity index is 1.80. The zero-order chi connectivity index (χ0) is 13.9. The van der Waals surface area contributed by atoms with Crippen molar-refractivity contribution >= 4 is 5.97 Å². The van der Waals surface area contributed by atoms with Gasteiger partial charge in [-0.15, -0.1) is 0 Å². The lowest BCUT2D eigenvalue weighted by atomic mass is 10.0. The van der Waals surface area contributed by atoms with E-state index in [-0.39, 0.29) is 6.42 Å². The van der Waals surface area contributed by atoms with Crippen LogP contribution < -0.4 is 4.74 Å². The number of rotatable bonds is 4. The number of hydrogen-bond acceptors (Lipinski definition) is 4. The van der Waals surface area contributed by atoms with Gasteiger partial charge in [-0.3, -0.25) is 4.79 Å². The number of carboxylic acid groups (broad SMARTS) is 1. The number of nitrogens with zero attached hydrogens (tertiary/aromatic N) is 1. The minimum Gasteiger partial charge on any atom is -0.493 e. The fraction of sp³-hybridized carbons (Fsp3) is 0.333. The van der Waals surface area contributed by atoms with Crippen molar-refractivity contribution < 1.29 is 19.2 Å². The second-order valence-corrected chi connectivity index (χ2v) is 4.85. The molecule has 5 heteroatoms. The summed E-state index contributed by atoms with van der Waals surface area (Å²) in [5, 5.41) is 12.6. The Morgan fingerprint density at radius 2 is 2.25 bits per heavy atom. The van der Waals surface area contributed by atoms with E-state index in [4.69, 9.17) is 14.4 Å². The summed E-state index contributed by atoms with van der Waals surface area (Å²) in [7, 11) is 0. The minimum atomic E-state index is -0.833. The number of carboxylic acids is 1. The summed E-state index contributed by atoms with van der Waals surface area (Å²) in [5.74, 6) is 0.768. The molecule has 0 saturated carbocycles. The van der Waals surface area contributed by atoms with Crippen molar-refractivity contribution in [2.45, 2.75) is 25.7 Å². The highest BCUT2D eigenvalue weighted by atomic mass is 16.5. The van der Waals surface area contributed by atoms with E-state index in [1.165, 1.54) is 5.56 Å². The predicted octanol–water partition coefficient (Wildman–Crippen LogP) is 2.68. The van der Waals surface area contributed by atoms with Crippen LogP contribution >= 0.6 is 0 Å². The summed E-state index contributed by atoms with van der Waals surface area (Å²) in [4.78, 5) is 10.5. The van der Waals surface area contributed by atoms with E-state index >= 15 is 0 Å². The SMILES string of the molecule is O=C(O)CCc1cc(-c2ccc3c(c2)CCCO3)on1. The maximum Gasteiger partial charge on any atom is 0.303 e. The molecule has 3 rings (SSSR count). The van der Waals surface area contributed by atoms with Crippen LogP contribution in [0.25, 0.3) is 11.3 Å². The molecule has 1 aliphatic rings. The highest BCUT2D eigenvalue weighted by molar-refractivity contribution is 5.67. The average Bonchev–Trinajstić information content (AvgIpc) is 2.93. The molecular formula is C15H15NO4. The summed E-state index contributed by atoms with van der Waals surface area (Å²) in [6.45, 7) is 0.772. The Morgan fingerprint density at radius 1 is 1.35 bits per heavy atom. The van der Waals surface area contributed by atoms with Crippen LogP contribution in [-0.4, -0.2) is 22.8 Å². The van der Waals surface area contributed by atoms with Gasteiger partial charge in [-0.1, -0.05) is 5.16 Å². The number of aryl methyl sites for hydroxylation is 2. The number of benzene rings is 1. The maximum atomic E-state index is 10.5. The monoisotopic (exact) mass is 273 g/mol. The second kappa shape index (κ2) is 5.36. The largest absolute Gasteiger partial charge is 0.493 e. The molecule has 1 aliphatic heterocycles. The first-order valence-electron chi connectivity index (χ1n) is 6.66. The molecule has 0 fully saturated rings. The number of fused-ring (bicyclic) bond motifs is 1. The molecule has 0 aliphatic carbocycles. The molecule has 2 aromatic rings. The van der Waals surface area contributed by atoms with Crippen LogP contribution in [0.4, 0.5) is 0 Å². The molecule has 0 atom stereocenters. The lowest BCUT2D eigenvalue weighted by Gasteiger charge is -2.17. The van der Waals surface area contributed by atoms with Gasteiger partial charge in [-0.05, 0) is 36.6 Å². The van der Waals surface area contributed by atoms with E-state index in [1.807, 2.05) is 12.1 Å². The molecule has 20 heavy (non-hydrogen) atoms. The number of carbonyl (C=O) groups is 1. The predicted molar refractivity (Wildman–Crippen MR) is 71.7 cm³/mol. The van der Waals surface area contributed by atoms with Gasteiger partial charge in [-0.25, -0.2) is 0 Å². The van der Waals surface area contributed by atoms with Crippen LogP contribution in [0.5, 0.6) is 5.75 Å². The summed E-state index contributed by atoms with van der Waals surface area (Å²) >= 11 is 0. The van der Waals surface area contributed by atoms with Crippen molar-refractivity contribution in [1.29, 1.82) is 0 Å². The van der Waals surface area contributed by atoms with Gasteiger partial charge in [0.15, 0.2) is 5.76 Å². The molecule has 1 aromatic carbocycles. The normalized spacial score (nSPS) is 13.6. The van der Waals surface area contributed by atoms with E-state index in [1.54, 1.807) is 6.07 Å². The van der Waals surface area contributed by atoms with Crippen molar-refractivity contribution in [1.82, 2.24) is 5.16 Å². The number of ether oxygens (including phenoxy) is 1. The van der Waals surface area contributed by atoms with Crippen molar-refractivity contribution in [2.75, 3.05) is 6.61 Å². The molecule has 104 valence electrons. The first-order valence-corrected chi connectivity index (χ1v) is 6.66. The molecule has 1 aromatic heterocycles. The van der Waals surface area contributed by atoms with Gasteiger partial charge in [0.2, 0.25) is 0 Å². The van der Waals surface area contributed by atoms with Crippen molar-refractivity contribution in [2.24, 2.45) is 0 Å². The molecule has 1 N–H and O–H groups in total. The standard InChI is InChI=1S/C15H15NO4/c17-15(18)6-4-12-9-14(20-16-12)11-3-5-13-10(8-11)2-1-7-19-13/h3,5,8-9H,1-2,4,6-7H2,(H,17,18). The third kappa shape index (κ3) is 2.66. The highest BCUT2D eigenvalue weighted by Gasteiger charge is 2.14. The van der Waals surface area contributed by atoms with Gasteiger partial charge < -0.3 is 14.4 Å². The molecule has 5 nitrogen and oxygen atoms in total. The number of hydrogen-bond donors (Lipinski definition) is 1. The summed E-state index contributed by atoms with van der Waals surface area (Å²) < 4.78 is 10.9. The van der Waals surface area contributed by atoms with E-state index in [2.05, 4.69) is 11.2 Å². The quantitative estimate of drug-likeness (QED) is 0.927. The zero-order valence-corrected chi connectivity index (χ0v) is 11.0. The molecule has 0 saturated heterocycles. The van der Waals surface area contributed by atoms with E-state index in [0.29, 0.717) is 17.9 Å². The Labute approximate surface area is 116 Å². The first-order chi connectivity index (χ1) is 9.72. The summed E-state index contributed by atoms with van der Waals surface area (Å²) in [6.07, 6.45) is 2.47. The molecule has 0 spiro atoms. The van der Waals surface area contributed by atoms with Gasteiger partial charge in [0.05, 0.1) is 18.7 Å². The van der Waals surface area contributed by atoms with Crippen molar-refractivity contribution in [3.63, 3.8) is 0 Å². The smallest absolute Gasteiger partial charge is 0.303 e. The molecular weight excluding hydrogens is 258 g/mol. The van der Waals surface area contributed by atoms with Crippen molar-refractivity contribution in [3.8, 4) is 17.1 Å². The summed E-state index contributed by atoms with van der Waals surface area (Å²) in [5.41, 5.74) is 2.79. The van der Waals surface area contributed by atoms with Gasteiger partial charge in [0, 0.05) is 18.1 Å². The Kier molecular flexibility index (Phi) is 3.41. The van der Waals surface area contributed by atoms with Crippen LogP contribution in [-0.2, 0) is 17.6 Å². The van der Waals surface area contributed by atoms with Gasteiger partial charge in [0.1, 0.15) is 5.75 Å². The third-order valence-corrected chi connectivity index (χ3v) is 3.35. The number of aliphatic carboxylic acids is 1. The van der Waals surface area contributed by atoms with Gasteiger partial charge in [-0.2, -0.15) is 0 Å². The van der Waals surface area contributed by atoms with E-state index in [9.17, 15) is 4.79 Å².